The fourth-order valence-electron chi connectivity index (χ4n) is 3.24. The van der Waals surface area contributed by atoms with Crippen LogP contribution in [0.4, 0.5) is 0 Å². The summed E-state index contributed by atoms with van der Waals surface area (Å²) in [6.45, 7) is 3.48. The largest absolute Gasteiger partial charge is 0.383 e. The van der Waals surface area contributed by atoms with E-state index in [0.717, 1.165) is 24.0 Å². The average Bonchev–Trinajstić information content (AvgIpc) is 3.07. The van der Waals surface area contributed by atoms with Gasteiger partial charge in [-0.2, -0.15) is 0 Å². The Labute approximate surface area is 146 Å². The van der Waals surface area contributed by atoms with E-state index >= 15 is 0 Å². The lowest BCUT2D eigenvalue weighted by molar-refractivity contribution is -0.0680. The molecule has 1 aromatic heterocycles. The van der Waals surface area contributed by atoms with Crippen molar-refractivity contribution in [2.45, 2.75) is 25.4 Å². The van der Waals surface area contributed by atoms with Crippen LogP contribution in [0.15, 0.2) is 41.8 Å². The Kier molecular flexibility index (Phi) is 5.33. The molecule has 0 radical (unpaired) electrons. The molecule has 3 rings (SSSR count). The number of ether oxygens (including phenoxy) is 1. The maximum Gasteiger partial charge on any atom is 0.261 e. The number of thiophene rings is 1. The van der Waals surface area contributed by atoms with Crippen molar-refractivity contribution in [1.82, 2.24) is 5.32 Å². The van der Waals surface area contributed by atoms with Crippen molar-refractivity contribution < 1.29 is 14.6 Å². The number of aryl methyl sites for hydroxylation is 1. The van der Waals surface area contributed by atoms with Crippen molar-refractivity contribution in [2.75, 3.05) is 19.8 Å². The number of carbonyl (C=O) groups is 1. The van der Waals surface area contributed by atoms with E-state index in [2.05, 4.69) is 5.32 Å². The number of rotatable bonds is 5. The molecule has 4 nitrogen and oxygen atoms in total. The Morgan fingerprint density at radius 3 is 2.67 bits per heavy atom. The van der Waals surface area contributed by atoms with Crippen LogP contribution in [0.5, 0.6) is 0 Å². The molecule has 1 fully saturated rings. The van der Waals surface area contributed by atoms with Crippen molar-refractivity contribution >= 4 is 17.2 Å². The highest BCUT2D eigenvalue weighted by Gasteiger charge is 2.39. The topological polar surface area (TPSA) is 58.6 Å². The van der Waals surface area contributed by atoms with Crippen molar-refractivity contribution in [3.8, 4) is 0 Å². The molecule has 1 aromatic carbocycles. The second-order valence-electron chi connectivity index (χ2n) is 6.35. The summed E-state index contributed by atoms with van der Waals surface area (Å²) in [5.41, 5.74) is 0.847. The van der Waals surface area contributed by atoms with Gasteiger partial charge in [0, 0.05) is 13.2 Å². The van der Waals surface area contributed by atoms with Gasteiger partial charge in [0.05, 0.1) is 11.4 Å². The smallest absolute Gasteiger partial charge is 0.261 e. The molecule has 2 heterocycles. The lowest BCUT2D eigenvalue weighted by Gasteiger charge is -2.39. The van der Waals surface area contributed by atoms with Gasteiger partial charge in [-0.25, -0.2) is 0 Å². The lowest BCUT2D eigenvalue weighted by Crippen LogP contribution is -2.47. The summed E-state index contributed by atoms with van der Waals surface area (Å²) < 4.78 is 5.43. The molecular formula is C19H23NO3S. The van der Waals surface area contributed by atoms with E-state index in [9.17, 15) is 9.90 Å². The third kappa shape index (κ3) is 3.69. The maximum absolute atomic E-state index is 12.4. The van der Waals surface area contributed by atoms with E-state index in [1.807, 2.05) is 48.7 Å². The molecule has 1 aliphatic rings. The Hall–Kier alpha value is -1.69. The fourth-order valence-corrected chi connectivity index (χ4v) is 4.05. The summed E-state index contributed by atoms with van der Waals surface area (Å²) in [5.74, 6) is -0.0615. The summed E-state index contributed by atoms with van der Waals surface area (Å²) in [6, 6.07) is 11.5. The lowest BCUT2D eigenvalue weighted by atomic mass is 9.77. The van der Waals surface area contributed by atoms with Crippen LogP contribution in [0.2, 0.25) is 0 Å². The Bertz CT molecular complexity index is 679. The van der Waals surface area contributed by atoms with Crippen LogP contribution in [0.3, 0.4) is 0 Å². The molecule has 1 saturated heterocycles. The second-order valence-corrected chi connectivity index (χ2v) is 7.26. The molecule has 2 N–H and O–H groups in total. The van der Waals surface area contributed by atoms with E-state index < -0.39 is 5.60 Å². The van der Waals surface area contributed by atoms with E-state index in [-0.39, 0.29) is 18.4 Å². The number of amides is 1. The van der Waals surface area contributed by atoms with Crippen LogP contribution < -0.4 is 5.32 Å². The SMILES string of the molecule is Cc1csc(C(=O)NC[C@](O)(c2ccccc2)C2CCOCC2)c1. The summed E-state index contributed by atoms with van der Waals surface area (Å²) >= 11 is 1.43. The van der Waals surface area contributed by atoms with Gasteiger partial charge in [-0.15, -0.1) is 11.3 Å². The molecule has 128 valence electrons. The van der Waals surface area contributed by atoms with Gasteiger partial charge in [0.2, 0.25) is 0 Å². The monoisotopic (exact) mass is 345 g/mol. The number of hydrogen-bond donors (Lipinski definition) is 2. The number of benzene rings is 1. The van der Waals surface area contributed by atoms with Crippen LogP contribution in [-0.2, 0) is 10.3 Å². The first-order valence-corrected chi connectivity index (χ1v) is 9.16. The zero-order valence-corrected chi connectivity index (χ0v) is 14.6. The molecule has 1 atom stereocenters. The fraction of sp³-hybridized carbons (Fsp3) is 0.421. The van der Waals surface area contributed by atoms with Gasteiger partial charge in [0.25, 0.3) is 5.91 Å². The molecule has 0 unspecified atom stereocenters. The number of carbonyl (C=O) groups excluding carboxylic acids is 1. The zero-order valence-electron chi connectivity index (χ0n) is 13.8. The zero-order chi connectivity index (χ0) is 17.0. The highest BCUT2D eigenvalue weighted by Crippen LogP contribution is 2.35. The molecular weight excluding hydrogens is 322 g/mol. The van der Waals surface area contributed by atoms with Gasteiger partial charge in [-0.05, 0) is 48.3 Å². The third-order valence-corrected chi connectivity index (χ3v) is 5.69. The highest BCUT2D eigenvalue weighted by atomic mass is 32.1. The average molecular weight is 345 g/mol. The van der Waals surface area contributed by atoms with Crippen LogP contribution in [0, 0.1) is 12.8 Å². The van der Waals surface area contributed by atoms with Crippen LogP contribution >= 0.6 is 11.3 Å². The molecule has 5 heteroatoms. The summed E-state index contributed by atoms with van der Waals surface area (Å²) in [5, 5.41) is 16.3. The standard InChI is InChI=1S/C19H23NO3S/c1-14-11-17(24-12-14)18(21)20-13-19(22,15-5-3-2-4-6-15)16-7-9-23-10-8-16/h2-6,11-12,16,22H,7-10,13H2,1H3,(H,20,21)/t19-/m0/s1. The highest BCUT2D eigenvalue weighted by molar-refractivity contribution is 7.12. The first-order chi connectivity index (χ1) is 11.6. The van der Waals surface area contributed by atoms with Gasteiger partial charge >= 0.3 is 0 Å². The molecule has 0 bridgehead atoms. The Balaban J connectivity index is 1.78. The number of hydrogen-bond acceptors (Lipinski definition) is 4. The number of nitrogens with one attached hydrogen (secondary N) is 1. The van der Waals surface area contributed by atoms with Gasteiger partial charge in [0.15, 0.2) is 0 Å². The maximum atomic E-state index is 12.4. The minimum atomic E-state index is -1.08. The molecule has 0 aliphatic carbocycles. The molecule has 24 heavy (non-hydrogen) atoms. The van der Waals surface area contributed by atoms with Gasteiger partial charge < -0.3 is 15.2 Å². The molecule has 0 spiro atoms. The Morgan fingerprint density at radius 1 is 1.33 bits per heavy atom. The van der Waals surface area contributed by atoms with E-state index in [4.69, 9.17) is 4.74 Å². The summed E-state index contributed by atoms with van der Waals surface area (Å²) in [4.78, 5) is 13.1. The minimum absolute atomic E-state index is 0.0685. The van der Waals surface area contributed by atoms with Crippen molar-refractivity contribution in [1.29, 1.82) is 0 Å². The summed E-state index contributed by atoms with van der Waals surface area (Å²) in [7, 11) is 0. The van der Waals surface area contributed by atoms with Gasteiger partial charge in [0.1, 0.15) is 5.60 Å². The van der Waals surface area contributed by atoms with Gasteiger partial charge in [-0.1, -0.05) is 30.3 Å². The predicted octanol–water partition coefficient (Wildman–Crippen LogP) is 3.10. The third-order valence-electron chi connectivity index (χ3n) is 4.64. The molecule has 0 saturated carbocycles. The van der Waals surface area contributed by atoms with E-state index in [1.165, 1.54) is 11.3 Å². The Morgan fingerprint density at radius 2 is 2.04 bits per heavy atom. The predicted molar refractivity (Wildman–Crippen MR) is 95.3 cm³/mol. The number of aliphatic hydroxyl groups is 1. The molecule has 1 aliphatic heterocycles. The van der Waals surface area contributed by atoms with E-state index in [0.29, 0.717) is 18.1 Å². The van der Waals surface area contributed by atoms with Crippen molar-refractivity contribution in [3.63, 3.8) is 0 Å². The minimum Gasteiger partial charge on any atom is -0.383 e. The quantitative estimate of drug-likeness (QED) is 0.875. The van der Waals surface area contributed by atoms with E-state index in [1.54, 1.807) is 0 Å². The molecule has 2 aromatic rings. The van der Waals surface area contributed by atoms with Crippen molar-refractivity contribution in [2.24, 2.45) is 5.92 Å². The van der Waals surface area contributed by atoms with Crippen LogP contribution in [0.1, 0.15) is 33.6 Å². The first kappa shape index (κ1) is 17.1. The second kappa shape index (κ2) is 7.47. The summed E-state index contributed by atoms with van der Waals surface area (Å²) in [6.07, 6.45) is 1.58. The normalized spacial score (nSPS) is 18.1. The van der Waals surface area contributed by atoms with Crippen molar-refractivity contribution in [3.05, 3.63) is 57.8 Å². The van der Waals surface area contributed by atoms with Crippen LogP contribution in [0.25, 0.3) is 0 Å². The van der Waals surface area contributed by atoms with Gasteiger partial charge in [-0.3, -0.25) is 4.79 Å². The first-order valence-electron chi connectivity index (χ1n) is 8.28. The van der Waals surface area contributed by atoms with Crippen LogP contribution in [-0.4, -0.2) is 30.8 Å². The molecule has 1 amide bonds.